The third-order valence-electron chi connectivity index (χ3n) is 4.47. The molecular formula is C17H19FN2O3. The monoisotopic (exact) mass is 318 g/mol. The molecule has 2 amide bonds. The third kappa shape index (κ3) is 3.57. The van der Waals surface area contributed by atoms with Gasteiger partial charge < -0.3 is 10.2 Å². The number of carbonyl (C=O) groups is 3. The molecule has 1 aromatic carbocycles. The minimum absolute atomic E-state index is 0.0330. The fourth-order valence-electron chi connectivity index (χ4n) is 2.82. The van der Waals surface area contributed by atoms with E-state index in [0.717, 1.165) is 6.07 Å². The van der Waals surface area contributed by atoms with Crippen molar-refractivity contribution in [2.24, 2.45) is 11.8 Å². The average molecular weight is 318 g/mol. The predicted molar refractivity (Wildman–Crippen MR) is 81.5 cm³/mol. The predicted octanol–water partition coefficient (Wildman–Crippen LogP) is 1.63. The molecule has 1 saturated carbocycles. The number of carbonyl (C=O) groups excluding carboxylic acids is 3. The second-order valence-corrected chi connectivity index (χ2v) is 6.28. The minimum Gasteiger partial charge on any atom is -0.356 e. The molecule has 23 heavy (non-hydrogen) atoms. The summed E-state index contributed by atoms with van der Waals surface area (Å²) in [5, 5.41) is 2.92. The molecule has 1 atom stereocenters. The summed E-state index contributed by atoms with van der Waals surface area (Å²) in [4.78, 5) is 36.8. The highest BCUT2D eigenvalue weighted by atomic mass is 19.1. The second-order valence-electron chi connectivity index (χ2n) is 6.28. The number of likely N-dealkylation sites (tertiary alicyclic amines) is 1. The number of aldehydes is 1. The zero-order chi connectivity index (χ0) is 16.4. The van der Waals surface area contributed by atoms with Gasteiger partial charge in [0.05, 0.1) is 11.5 Å². The van der Waals surface area contributed by atoms with Gasteiger partial charge in [0.2, 0.25) is 5.91 Å². The number of hydrogen-bond donors (Lipinski definition) is 1. The van der Waals surface area contributed by atoms with Crippen molar-refractivity contribution in [1.82, 2.24) is 10.2 Å². The SMILES string of the molecule is O=Cc1ccc(F)c(C(=O)N2CC[C@@H](C(=O)NCC3CC3)C2)c1. The van der Waals surface area contributed by atoms with Gasteiger partial charge in [0.15, 0.2) is 0 Å². The van der Waals surface area contributed by atoms with Gasteiger partial charge in [0.1, 0.15) is 12.1 Å². The smallest absolute Gasteiger partial charge is 0.256 e. The molecule has 1 N–H and O–H groups in total. The van der Waals surface area contributed by atoms with Crippen LogP contribution in [0.25, 0.3) is 0 Å². The van der Waals surface area contributed by atoms with Gasteiger partial charge in [-0.2, -0.15) is 0 Å². The van der Waals surface area contributed by atoms with Gasteiger partial charge in [-0.3, -0.25) is 14.4 Å². The molecule has 2 aliphatic rings. The van der Waals surface area contributed by atoms with Crippen LogP contribution in [0.15, 0.2) is 18.2 Å². The molecule has 0 bridgehead atoms. The van der Waals surface area contributed by atoms with E-state index in [0.29, 0.717) is 38.3 Å². The zero-order valence-corrected chi connectivity index (χ0v) is 12.8. The first-order chi connectivity index (χ1) is 11.1. The number of amides is 2. The van der Waals surface area contributed by atoms with Crippen molar-refractivity contribution < 1.29 is 18.8 Å². The van der Waals surface area contributed by atoms with Crippen LogP contribution >= 0.6 is 0 Å². The van der Waals surface area contributed by atoms with Crippen molar-refractivity contribution in [3.05, 3.63) is 35.1 Å². The van der Waals surface area contributed by atoms with Crippen LogP contribution in [0.5, 0.6) is 0 Å². The lowest BCUT2D eigenvalue weighted by Crippen LogP contribution is -2.35. The van der Waals surface area contributed by atoms with E-state index in [1.54, 1.807) is 0 Å². The molecule has 6 heteroatoms. The molecule has 0 radical (unpaired) electrons. The van der Waals surface area contributed by atoms with Gasteiger partial charge in [0, 0.05) is 25.2 Å². The fourth-order valence-corrected chi connectivity index (χ4v) is 2.82. The molecule has 0 aromatic heterocycles. The normalized spacial score (nSPS) is 20.4. The van der Waals surface area contributed by atoms with E-state index >= 15 is 0 Å². The highest BCUT2D eigenvalue weighted by Crippen LogP contribution is 2.28. The Labute approximate surface area is 133 Å². The van der Waals surface area contributed by atoms with Gasteiger partial charge >= 0.3 is 0 Å². The van der Waals surface area contributed by atoms with Crippen molar-refractivity contribution in [1.29, 1.82) is 0 Å². The lowest BCUT2D eigenvalue weighted by molar-refractivity contribution is -0.124. The molecule has 1 aromatic rings. The summed E-state index contributed by atoms with van der Waals surface area (Å²) in [6.45, 7) is 1.42. The number of halogens is 1. The summed E-state index contributed by atoms with van der Waals surface area (Å²) in [6, 6.07) is 3.70. The van der Waals surface area contributed by atoms with Crippen LogP contribution in [0.1, 0.15) is 40.0 Å². The van der Waals surface area contributed by atoms with Crippen molar-refractivity contribution in [3.63, 3.8) is 0 Å². The Morgan fingerprint density at radius 2 is 2.09 bits per heavy atom. The van der Waals surface area contributed by atoms with Crippen LogP contribution in [-0.2, 0) is 4.79 Å². The first-order valence-electron chi connectivity index (χ1n) is 7.90. The Kier molecular flexibility index (Phi) is 4.41. The summed E-state index contributed by atoms with van der Waals surface area (Å²) in [6.07, 6.45) is 3.50. The maximum atomic E-state index is 13.8. The Morgan fingerprint density at radius 3 is 2.78 bits per heavy atom. The molecule has 2 fully saturated rings. The largest absolute Gasteiger partial charge is 0.356 e. The summed E-state index contributed by atoms with van der Waals surface area (Å²) < 4.78 is 13.8. The molecule has 1 heterocycles. The number of nitrogens with one attached hydrogen (secondary N) is 1. The summed E-state index contributed by atoms with van der Waals surface area (Å²) >= 11 is 0. The van der Waals surface area contributed by atoms with Crippen LogP contribution in [-0.4, -0.2) is 42.6 Å². The lowest BCUT2D eigenvalue weighted by atomic mass is 10.1. The van der Waals surface area contributed by atoms with Gasteiger partial charge in [-0.1, -0.05) is 0 Å². The maximum Gasteiger partial charge on any atom is 0.256 e. The van der Waals surface area contributed by atoms with E-state index in [1.165, 1.54) is 29.9 Å². The molecule has 0 unspecified atom stereocenters. The van der Waals surface area contributed by atoms with Gasteiger partial charge in [-0.15, -0.1) is 0 Å². The first kappa shape index (κ1) is 15.6. The fraction of sp³-hybridized carbons (Fsp3) is 0.471. The van der Waals surface area contributed by atoms with Crippen LogP contribution in [0.3, 0.4) is 0 Å². The molecule has 3 rings (SSSR count). The highest BCUT2D eigenvalue weighted by Gasteiger charge is 2.33. The topological polar surface area (TPSA) is 66.5 Å². The number of hydrogen-bond acceptors (Lipinski definition) is 3. The average Bonchev–Trinajstić information content (AvgIpc) is 3.26. The number of benzene rings is 1. The standard InChI is InChI=1S/C17H19FN2O3/c18-15-4-3-12(10-21)7-14(15)17(23)20-6-5-13(9-20)16(22)19-8-11-1-2-11/h3-4,7,10-11,13H,1-2,5-6,8-9H2,(H,19,22)/t13-/m1/s1. The first-order valence-corrected chi connectivity index (χ1v) is 7.90. The molecule has 5 nitrogen and oxygen atoms in total. The quantitative estimate of drug-likeness (QED) is 0.839. The third-order valence-corrected chi connectivity index (χ3v) is 4.47. The van der Waals surface area contributed by atoms with Crippen molar-refractivity contribution in [3.8, 4) is 0 Å². The number of rotatable bonds is 5. The van der Waals surface area contributed by atoms with Crippen LogP contribution in [0.4, 0.5) is 4.39 Å². The Balaban J connectivity index is 1.62. The molecule has 1 saturated heterocycles. The summed E-state index contributed by atoms with van der Waals surface area (Å²) in [5.41, 5.74) is 0.140. The van der Waals surface area contributed by atoms with E-state index in [2.05, 4.69) is 5.32 Å². The maximum absolute atomic E-state index is 13.8. The molecule has 1 aliphatic heterocycles. The number of nitrogens with zero attached hydrogens (tertiary/aromatic N) is 1. The summed E-state index contributed by atoms with van der Waals surface area (Å²) in [7, 11) is 0. The van der Waals surface area contributed by atoms with E-state index in [4.69, 9.17) is 0 Å². The highest BCUT2D eigenvalue weighted by molar-refractivity contribution is 5.96. The minimum atomic E-state index is -0.651. The molecule has 0 spiro atoms. The van der Waals surface area contributed by atoms with Crippen LogP contribution in [0, 0.1) is 17.7 Å². The van der Waals surface area contributed by atoms with Gasteiger partial charge in [0.25, 0.3) is 5.91 Å². The van der Waals surface area contributed by atoms with E-state index in [-0.39, 0.29) is 23.0 Å². The van der Waals surface area contributed by atoms with Crippen molar-refractivity contribution in [2.45, 2.75) is 19.3 Å². The van der Waals surface area contributed by atoms with Gasteiger partial charge in [-0.25, -0.2) is 4.39 Å². The van der Waals surface area contributed by atoms with Gasteiger partial charge in [-0.05, 0) is 43.4 Å². The van der Waals surface area contributed by atoms with Crippen molar-refractivity contribution in [2.75, 3.05) is 19.6 Å². The lowest BCUT2D eigenvalue weighted by Gasteiger charge is -2.17. The Morgan fingerprint density at radius 1 is 1.30 bits per heavy atom. The van der Waals surface area contributed by atoms with E-state index < -0.39 is 11.7 Å². The summed E-state index contributed by atoms with van der Waals surface area (Å²) in [5.74, 6) is -0.784. The Hall–Kier alpha value is -2.24. The van der Waals surface area contributed by atoms with E-state index in [9.17, 15) is 18.8 Å². The zero-order valence-electron chi connectivity index (χ0n) is 12.8. The van der Waals surface area contributed by atoms with E-state index in [1.807, 2.05) is 0 Å². The van der Waals surface area contributed by atoms with Crippen LogP contribution < -0.4 is 5.32 Å². The van der Waals surface area contributed by atoms with Crippen molar-refractivity contribution >= 4 is 18.1 Å². The molecular weight excluding hydrogens is 299 g/mol. The Bertz CT molecular complexity index is 643. The molecule has 122 valence electrons. The second kappa shape index (κ2) is 6.48. The molecule has 1 aliphatic carbocycles. The van der Waals surface area contributed by atoms with Crippen LogP contribution in [0.2, 0.25) is 0 Å².